The normalized spacial score (nSPS) is 19.4. The molecular weight excluding hydrogens is 210 g/mol. The van der Waals surface area contributed by atoms with Crippen LogP contribution >= 0.6 is 0 Å². The number of nitrogens with zero attached hydrogens (tertiary/aromatic N) is 1. The molecule has 0 aromatic heterocycles. The summed E-state index contributed by atoms with van der Waals surface area (Å²) in [6.07, 6.45) is 1.26. The maximum atomic E-state index is 7.44. The van der Waals surface area contributed by atoms with Crippen LogP contribution in [0.1, 0.15) is 31.4 Å². The van der Waals surface area contributed by atoms with E-state index in [4.69, 9.17) is 11.1 Å². The van der Waals surface area contributed by atoms with E-state index in [2.05, 4.69) is 24.8 Å². The third-order valence-corrected chi connectivity index (χ3v) is 3.40. The largest absolute Gasteiger partial charge is 0.384 e. The predicted molar refractivity (Wildman–Crippen MR) is 71.1 cm³/mol. The first kappa shape index (κ1) is 12.1. The Kier molecular flexibility index (Phi) is 3.20. The van der Waals surface area contributed by atoms with Crippen LogP contribution in [0.2, 0.25) is 0 Å². The second-order valence-corrected chi connectivity index (χ2v) is 5.74. The third kappa shape index (κ3) is 3.07. The lowest BCUT2D eigenvalue weighted by atomic mass is 9.93. The molecule has 3 N–H and O–H groups in total. The van der Waals surface area contributed by atoms with Crippen molar-refractivity contribution in [3.8, 4) is 0 Å². The fourth-order valence-corrected chi connectivity index (χ4v) is 2.45. The quantitative estimate of drug-likeness (QED) is 0.619. The molecule has 0 bridgehead atoms. The summed E-state index contributed by atoms with van der Waals surface area (Å²) < 4.78 is 0. The zero-order valence-electron chi connectivity index (χ0n) is 10.7. The van der Waals surface area contributed by atoms with Gasteiger partial charge in [-0.25, -0.2) is 0 Å². The molecule has 3 heteroatoms. The molecule has 17 heavy (non-hydrogen) atoms. The summed E-state index contributed by atoms with van der Waals surface area (Å²) in [4.78, 5) is 2.47. The lowest BCUT2D eigenvalue weighted by molar-refractivity contribution is 0.284. The lowest BCUT2D eigenvalue weighted by Crippen LogP contribution is -2.23. The van der Waals surface area contributed by atoms with E-state index in [9.17, 15) is 0 Å². The second kappa shape index (κ2) is 4.49. The van der Waals surface area contributed by atoms with E-state index >= 15 is 0 Å². The Hall–Kier alpha value is -1.35. The zero-order chi connectivity index (χ0) is 12.5. The summed E-state index contributed by atoms with van der Waals surface area (Å²) in [6, 6.07) is 8.00. The van der Waals surface area contributed by atoms with Gasteiger partial charge in [0.15, 0.2) is 0 Å². The minimum absolute atomic E-state index is 0.147. The molecule has 1 aromatic rings. The van der Waals surface area contributed by atoms with Crippen LogP contribution in [0.3, 0.4) is 0 Å². The van der Waals surface area contributed by atoms with E-state index in [0.717, 1.165) is 25.2 Å². The molecule has 92 valence electrons. The highest BCUT2D eigenvalue weighted by atomic mass is 15.1. The number of likely N-dealkylation sites (tertiary alicyclic amines) is 1. The van der Waals surface area contributed by atoms with Crippen molar-refractivity contribution in [2.45, 2.75) is 26.8 Å². The van der Waals surface area contributed by atoms with Gasteiger partial charge in [-0.3, -0.25) is 10.3 Å². The van der Waals surface area contributed by atoms with Gasteiger partial charge < -0.3 is 5.73 Å². The van der Waals surface area contributed by atoms with Gasteiger partial charge in [0.05, 0.1) is 0 Å². The summed E-state index contributed by atoms with van der Waals surface area (Å²) in [7, 11) is 0. The molecule has 1 aromatic carbocycles. The molecule has 0 aliphatic carbocycles. The van der Waals surface area contributed by atoms with Crippen molar-refractivity contribution in [3.63, 3.8) is 0 Å². The van der Waals surface area contributed by atoms with Crippen molar-refractivity contribution in [1.82, 2.24) is 4.90 Å². The highest BCUT2D eigenvalue weighted by molar-refractivity contribution is 5.95. The summed E-state index contributed by atoms with van der Waals surface area (Å²) in [6.45, 7) is 7.91. The second-order valence-electron chi connectivity index (χ2n) is 5.74. The maximum Gasteiger partial charge on any atom is 0.122 e. The van der Waals surface area contributed by atoms with Crippen molar-refractivity contribution in [2.24, 2.45) is 11.1 Å². The van der Waals surface area contributed by atoms with E-state index in [1.165, 1.54) is 12.0 Å². The van der Waals surface area contributed by atoms with Crippen molar-refractivity contribution >= 4 is 5.84 Å². The van der Waals surface area contributed by atoms with Gasteiger partial charge in [0.25, 0.3) is 0 Å². The highest BCUT2D eigenvalue weighted by Gasteiger charge is 2.28. The van der Waals surface area contributed by atoms with Gasteiger partial charge in [0.1, 0.15) is 5.84 Å². The molecule has 0 spiro atoms. The standard InChI is InChI=1S/C14H21N3/c1-14(2)6-7-17(10-14)9-11-4-3-5-12(8-11)13(15)16/h3-5,8H,6-7,9-10H2,1-2H3,(H3,15,16). The third-order valence-electron chi connectivity index (χ3n) is 3.40. The lowest BCUT2D eigenvalue weighted by Gasteiger charge is -2.19. The summed E-state index contributed by atoms with van der Waals surface area (Å²) in [5.74, 6) is 0.147. The number of nitrogens with two attached hydrogens (primary N) is 1. The van der Waals surface area contributed by atoms with Crippen molar-refractivity contribution in [1.29, 1.82) is 5.41 Å². The highest BCUT2D eigenvalue weighted by Crippen LogP contribution is 2.29. The Balaban J connectivity index is 2.04. The molecule has 1 saturated heterocycles. The van der Waals surface area contributed by atoms with E-state index in [-0.39, 0.29) is 5.84 Å². The van der Waals surface area contributed by atoms with Gasteiger partial charge >= 0.3 is 0 Å². The van der Waals surface area contributed by atoms with Crippen LogP contribution < -0.4 is 5.73 Å². The fraction of sp³-hybridized carbons (Fsp3) is 0.500. The van der Waals surface area contributed by atoms with Gasteiger partial charge in [-0.2, -0.15) is 0 Å². The molecule has 1 aliphatic heterocycles. The Morgan fingerprint density at radius 3 is 2.82 bits per heavy atom. The van der Waals surface area contributed by atoms with Crippen LogP contribution in [0, 0.1) is 10.8 Å². The van der Waals surface area contributed by atoms with Gasteiger partial charge in [-0.05, 0) is 30.0 Å². The number of rotatable bonds is 3. The number of amidine groups is 1. The Morgan fingerprint density at radius 1 is 1.47 bits per heavy atom. The van der Waals surface area contributed by atoms with Crippen molar-refractivity contribution in [2.75, 3.05) is 13.1 Å². The SMILES string of the molecule is CC1(C)CCN(Cc2cccc(C(=N)N)c2)C1. The maximum absolute atomic E-state index is 7.44. The van der Waals surface area contributed by atoms with Gasteiger partial charge in [0.2, 0.25) is 0 Å². The van der Waals surface area contributed by atoms with Crippen LogP contribution in [0.25, 0.3) is 0 Å². The molecule has 1 fully saturated rings. The van der Waals surface area contributed by atoms with E-state index in [0.29, 0.717) is 5.41 Å². The van der Waals surface area contributed by atoms with E-state index in [1.807, 2.05) is 18.2 Å². The molecule has 0 atom stereocenters. The number of nitrogen functional groups attached to an aromatic ring is 1. The van der Waals surface area contributed by atoms with Crippen LogP contribution in [0.15, 0.2) is 24.3 Å². The fourth-order valence-electron chi connectivity index (χ4n) is 2.45. The Labute approximate surface area is 103 Å². The summed E-state index contributed by atoms with van der Waals surface area (Å²) >= 11 is 0. The van der Waals surface area contributed by atoms with E-state index in [1.54, 1.807) is 0 Å². The topological polar surface area (TPSA) is 53.1 Å². The molecule has 1 aliphatic rings. The zero-order valence-corrected chi connectivity index (χ0v) is 10.7. The monoisotopic (exact) mass is 231 g/mol. The Bertz CT molecular complexity index is 423. The van der Waals surface area contributed by atoms with Crippen molar-refractivity contribution in [3.05, 3.63) is 35.4 Å². The van der Waals surface area contributed by atoms with Crippen LogP contribution in [-0.2, 0) is 6.54 Å². The first-order valence-corrected chi connectivity index (χ1v) is 6.12. The molecule has 0 radical (unpaired) electrons. The molecular formula is C14H21N3. The van der Waals surface area contributed by atoms with Gasteiger partial charge in [0, 0.05) is 18.7 Å². The summed E-state index contributed by atoms with van der Waals surface area (Å²) in [5.41, 5.74) is 8.01. The number of nitrogens with one attached hydrogen (secondary N) is 1. The van der Waals surface area contributed by atoms with E-state index < -0.39 is 0 Å². The average Bonchev–Trinajstić information content (AvgIpc) is 2.58. The molecule has 3 nitrogen and oxygen atoms in total. The van der Waals surface area contributed by atoms with Gasteiger partial charge in [-0.1, -0.05) is 32.0 Å². The smallest absolute Gasteiger partial charge is 0.122 e. The number of hydrogen-bond acceptors (Lipinski definition) is 2. The minimum Gasteiger partial charge on any atom is -0.384 e. The average molecular weight is 231 g/mol. The Morgan fingerprint density at radius 2 is 2.24 bits per heavy atom. The minimum atomic E-state index is 0.147. The van der Waals surface area contributed by atoms with Gasteiger partial charge in [-0.15, -0.1) is 0 Å². The predicted octanol–water partition coefficient (Wildman–Crippen LogP) is 2.20. The first-order chi connectivity index (χ1) is 7.96. The summed E-state index contributed by atoms with van der Waals surface area (Å²) in [5, 5.41) is 7.44. The van der Waals surface area contributed by atoms with Crippen LogP contribution in [-0.4, -0.2) is 23.8 Å². The van der Waals surface area contributed by atoms with Crippen molar-refractivity contribution < 1.29 is 0 Å². The number of hydrogen-bond donors (Lipinski definition) is 2. The molecule has 1 heterocycles. The number of benzene rings is 1. The molecule has 0 unspecified atom stereocenters. The molecule has 0 saturated carbocycles. The molecule has 2 rings (SSSR count). The molecule has 0 amide bonds. The first-order valence-electron chi connectivity index (χ1n) is 6.12. The van der Waals surface area contributed by atoms with Crippen LogP contribution in [0.4, 0.5) is 0 Å². The van der Waals surface area contributed by atoms with Crippen LogP contribution in [0.5, 0.6) is 0 Å².